The first-order valence-electron chi connectivity index (χ1n) is 6.35. The lowest BCUT2D eigenvalue weighted by Gasteiger charge is -2.11. The van der Waals surface area contributed by atoms with Crippen LogP contribution in [0, 0.1) is 13.8 Å². The molecule has 1 unspecified atom stereocenters. The van der Waals surface area contributed by atoms with E-state index in [1.165, 1.54) is 16.7 Å². The average molecular weight is 276 g/mol. The largest absolute Gasteiger partial charge is 0.496 e. The van der Waals surface area contributed by atoms with E-state index in [4.69, 9.17) is 10.5 Å². The molecule has 1 aromatic heterocycles. The summed E-state index contributed by atoms with van der Waals surface area (Å²) >= 11 is 1.66. The van der Waals surface area contributed by atoms with Gasteiger partial charge >= 0.3 is 0 Å². The van der Waals surface area contributed by atoms with E-state index < -0.39 is 0 Å². The highest BCUT2D eigenvalue weighted by Gasteiger charge is 2.11. The van der Waals surface area contributed by atoms with Crippen LogP contribution in [0.2, 0.25) is 0 Å². The van der Waals surface area contributed by atoms with Crippen molar-refractivity contribution < 1.29 is 4.74 Å². The molecule has 0 aliphatic carbocycles. The van der Waals surface area contributed by atoms with Crippen molar-refractivity contribution in [2.45, 2.75) is 33.2 Å². The minimum atomic E-state index is -0.00820. The highest BCUT2D eigenvalue weighted by molar-refractivity contribution is 7.09. The van der Waals surface area contributed by atoms with Gasteiger partial charge in [-0.1, -0.05) is 17.7 Å². The van der Waals surface area contributed by atoms with Crippen molar-refractivity contribution in [3.63, 3.8) is 0 Å². The van der Waals surface area contributed by atoms with Crippen LogP contribution in [-0.4, -0.2) is 12.1 Å². The topological polar surface area (TPSA) is 48.1 Å². The van der Waals surface area contributed by atoms with E-state index in [1.54, 1.807) is 18.4 Å². The van der Waals surface area contributed by atoms with Crippen LogP contribution in [-0.2, 0) is 6.42 Å². The lowest BCUT2D eigenvalue weighted by molar-refractivity contribution is 0.407. The van der Waals surface area contributed by atoms with Gasteiger partial charge < -0.3 is 10.5 Å². The highest BCUT2D eigenvalue weighted by atomic mass is 32.1. The lowest BCUT2D eigenvalue weighted by Crippen LogP contribution is -2.05. The van der Waals surface area contributed by atoms with Gasteiger partial charge in [-0.25, -0.2) is 4.98 Å². The Morgan fingerprint density at radius 1 is 1.37 bits per heavy atom. The molecule has 1 aromatic carbocycles. The second kappa shape index (κ2) is 5.72. The number of ether oxygens (including phenoxy) is 1. The molecule has 0 radical (unpaired) electrons. The first kappa shape index (κ1) is 14.0. The highest BCUT2D eigenvalue weighted by Crippen LogP contribution is 2.28. The smallest absolute Gasteiger partial charge is 0.125 e. The molecule has 0 bridgehead atoms. The van der Waals surface area contributed by atoms with E-state index in [0.717, 1.165) is 22.9 Å². The number of thiazole rings is 1. The summed E-state index contributed by atoms with van der Waals surface area (Å²) in [6, 6.07) is 4.29. The molecule has 0 saturated carbocycles. The minimum Gasteiger partial charge on any atom is -0.496 e. The molecule has 2 N–H and O–H groups in total. The van der Waals surface area contributed by atoms with E-state index in [2.05, 4.69) is 31.0 Å². The molecule has 19 heavy (non-hydrogen) atoms. The molecule has 4 heteroatoms. The molecule has 0 spiro atoms. The average Bonchev–Trinajstić information content (AvgIpc) is 2.77. The fraction of sp³-hybridized carbons (Fsp3) is 0.400. The lowest BCUT2D eigenvalue weighted by atomic mass is 10.0. The van der Waals surface area contributed by atoms with E-state index in [9.17, 15) is 0 Å². The van der Waals surface area contributed by atoms with Gasteiger partial charge in [-0.2, -0.15) is 0 Å². The van der Waals surface area contributed by atoms with E-state index >= 15 is 0 Å². The first-order chi connectivity index (χ1) is 9.01. The Hall–Kier alpha value is -1.39. The summed E-state index contributed by atoms with van der Waals surface area (Å²) < 4.78 is 5.51. The number of hydrogen-bond donors (Lipinski definition) is 1. The van der Waals surface area contributed by atoms with Gasteiger partial charge in [0.15, 0.2) is 0 Å². The summed E-state index contributed by atoms with van der Waals surface area (Å²) in [7, 11) is 1.72. The number of nitrogens with zero attached hydrogens (tertiary/aromatic N) is 1. The maximum atomic E-state index is 5.84. The van der Waals surface area contributed by atoms with Gasteiger partial charge in [-0.05, 0) is 26.3 Å². The summed E-state index contributed by atoms with van der Waals surface area (Å²) in [6.07, 6.45) is 0.795. The van der Waals surface area contributed by atoms with E-state index in [-0.39, 0.29) is 6.04 Å². The summed E-state index contributed by atoms with van der Waals surface area (Å²) in [5, 5.41) is 3.12. The van der Waals surface area contributed by atoms with Crippen LogP contribution in [0.1, 0.15) is 40.4 Å². The van der Waals surface area contributed by atoms with Crippen molar-refractivity contribution in [1.29, 1.82) is 0 Å². The van der Waals surface area contributed by atoms with Crippen LogP contribution >= 0.6 is 11.3 Å². The Bertz CT molecular complexity index is 576. The van der Waals surface area contributed by atoms with Gasteiger partial charge in [0.2, 0.25) is 0 Å². The molecule has 0 amide bonds. The molecule has 2 rings (SSSR count). The molecule has 3 nitrogen and oxygen atoms in total. The molecule has 0 saturated heterocycles. The van der Waals surface area contributed by atoms with Gasteiger partial charge in [0.05, 0.1) is 17.8 Å². The molecule has 102 valence electrons. The number of aromatic nitrogens is 1. The zero-order valence-electron chi connectivity index (χ0n) is 11.9. The van der Waals surface area contributed by atoms with Crippen molar-refractivity contribution in [3.05, 3.63) is 44.9 Å². The van der Waals surface area contributed by atoms with Crippen LogP contribution in [0.15, 0.2) is 17.5 Å². The second-order valence-electron chi connectivity index (χ2n) is 4.91. The third kappa shape index (κ3) is 3.14. The minimum absolute atomic E-state index is 0.00820. The van der Waals surface area contributed by atoms with Crippen molar-refractivity contribution >= 4 is 11.3 Å². The van der Waals surface area contributed by atoms with Crippen LogP contribution in [0.25, 0.3) is 0 Å². The van der Waals surface area contributed by atoms with Crippen LogP contribution < -0.4 is 10.5 Å². The standard InChI is InChI=1S/C15H20N2OS/c1-9-5-10(2)15(18-4)12(6-9)7-14-17-13(8-19-14)11(3)16/h5-6,8,11H,7,16H2,1-4H3. The predicted molar refractivity (Wildman–Crippen MR) is 80.0 cm³/mol. The molecule has 1 heterocycles. The van der Waals surface area contributed by atoms with E-state index in [1.807, 2.05) is 12.3 Å². The monoisotopic (exact) mass is 276 g/mol. The fourth-order valence-electron chi connectivity index (χ4n) is 2.24. The van der Waals surface area contributed by atoms with Gasteiger partial charge in [-0.3, -0.25) is 0 Å². The summed E-state index contributed by atoms with van der Waals surface area (Å²) in [6.45, 7) is 6.13. The molecular weight excluding hydrogens is 256 g/mol. The molecule has 0 fully saturated rings. The Morgan fingerprint density at radius 2 is 2.11 bits per heavy atom. The molecule has 0 aliphatic rings. The number of nitrogens with two attached hydrogens (primary N) is 1. The van der Waals surface area contributed by atoms with Gasteiger partial charge in [0.1, 0.15) is 5.75 Å². The maximum absolute atomic E-state index is 5.84. The Morgan fingerprint density at radius 3 is 2.68 bits per heavy atom. The van der Waals surface area contributed by atoms with Crippen molar-refractivity contribution in [2.75, 3.05) is 7.11 Å². The Kier molecular flexibility index (Phi) is 4.22. The maximum Gasteiger partial charge on any atom is 0.125 e. The molecular formula is C15H20N2OS. The first-order valence-corrected chi connectivity index (χ1v) is 7.23. The van der Waals surface area contributed by atoms with Gasteiger partial charge in [0.25, 0.3) is 0 Å². The van der Waals surface area contributed by atoms with Gasteiger partial charge in [-0.15, -0.1) is 11.3 Å². The SMILES string of the molecule is COc1c(C)cc(C)cc1Cc1nc(C(C)N)cs1. The second-order valence-corrected chi connectivity index (χ2v) is 5.85. The number of benzene rings is 1. The number of hydrogen-bond acceptors (Lipinski definition) is 4. The Balaban J connectivity index is 2.31. The summed E-state index contributed by atoms with van der Waals surface area (Å²) in [4.78, 5) is 4.58. The zero-order chi connectivity index (χ0) is 14.0. The molecule has 2 aromatic rings. The summed E-state index contributed by atoms with van der Waals surface area (Å²) in [5.74, 6) is 0.961. The van der Waals surface area contributed by atoms with E-state index in [0.29, 0.717) is 0 Å². The number of aryl methyl sites for hydroxylation is 2. The van der Waals surface area contributed by atoms with Crippen molar-refractivity contribution in [2.24, 2.45) is 5.73 Å². The zero-order valence-corrected chi connectivity index (χ0v) is 12.7. The van der Waals surface area contributed by atoms with Crippen LogP contribution in [0.3, 0.4) is 0 Å². The molecule has 1 atom stereocenters. The normalized spacial score (nSPS) is 12.5. The van der Waals surface area contributed by atoms with Crippen molar-refractivity contribution in [1.82, 2.24) is 4.98 Å². The fourth-order valence-corrected chi connectivity index (χ4v) is 3.17. The predicted octanol–water partition coefficient (Wildman–Crippen LogP) is 3.38. The van der Waals surface area contributed by atoms with Gasteiger partial charge in [0, 0.05) is 23.4 Å². The number of rotatable bonds is 4. The third-order valence-electron chi connectivity index (χ3n) is 3.08. The number of methoxy groups -OCH3 is 1. The molecule has 0 aliphatic heterocycles. The van der Waals surface area contributed by atoms with Crippen LogP contribution in [0.5, 0.6) is 5.75 Å². The summed E-state index contributed by atoms with van der Waals surface area (Å²) in [5.41, 5.74) is 10.4. The third-order valence-corrected chi connectivity index (χ3v) is 3.94. The Labute approximate surface area is 118 Å². The van der Waals surface area contributed by atoms with Crippen molar-refractivity contribution in [3.8, 4) is 5.75 Å². The quantitative estimate of drug-likeness (QED) is 0.931. The van der Waals surface area contributed by atoms with Crippen LogP contribution in [0.4, 0.5) is 0 Å².